The van der Waals surface area contributed by atoms with Crippen LogP contribution in [0.15, 0.2) is 34.9 Å². The Morgan fingerprint density at radius 3 is 2.63 bits per heavy atom. The van der Waals surface area contributed by atoms with Crippen molar-refractivity contribution in [2.45, 2.75) is 13.8 Å². The van der Waals surface area contributed by atoms with Crippen LogP contribution >= 0.6 is 15.9 Å². The van der Waals surface area contributed by atoms with Crippen LogP contribution in [0, 0.1) is 13.8 Å². The molecule has 0 saturated heterocycles. The number of rotatable bonds is 2. The van der Waals surface area contributed by atoms with Crippen LogP contribution in [0.1, 0.15) is 21.5 Å². The van der Waals surface area contributed by atoms with Gasteiger partial charge in [0.05, 0.1) is 11.9 Å². The summed E-state index contributed by atoms with van der Waals surface area (Å²) in [7, 11) is 0. The first-order valence-corrected chi connectivity index (χ1v) is 6.56. The third-order valence-electron chi connectivity index (χ3n) is 2.76. The van der Waals surface area contributed by atoms with Gasteiger partial charge >= 0.3 is 0 Å². The van der Waals surface area contributed by atoms with Crippen molar-refractivity contribution in [3.63, 3.8) is 0 Å². The van der Waals surface area contributed by atoms with Crippen LogP contribution in [0.25, 0.3) is 0 Å². The highest BCUT2D eigenvalue weighted by atomic mass is 79.9. The molecule has 0 aliphatic rings. The van der Waals surface area contributed by atoms with Gasteiger partial charge in [0.15, 0.2) is 0 Å². The van der Waals surface area contributed by atoms with Crippen LogP contribution in [-0.2, 0) is 0 Å². The highest BCUT2D eigenvalue weighted by Gasteiger charge is 2.11. The highest BCUT2D eigenvalue weighted by Crippen LogP contribution is 2.19. The molecule has 2 rings (SSSR count). The fraction of sp³-hybridized carbons (Fsp3) is 0.143. The molecule has 0 aliphatic carbocycles. The van der Waals surface area contributed by atoms with E-state index >= 15 is 0 Å². The average molecular weight is 320 g/mol. The number of anilines is 2. The van der Waals surface area contributed by atoms with E-state index in [0.717, 1.165) is 15.6 Å². The minimum absolute atomic E-state index is 0.176. The van der Waals surface area contributed by atoms with Crippen molar-refractivity contribution in [1.29, 1.82) is 0 Å². The van der Waals surface area contributed by atoms with Crippen LogP contribution in [0.5, 0.6) is 0 Å². The van der Waals surface area contributed by atoms with Gasteiger partial charge in [-0.15, -0.1) is 0 Å². The van der Waals surface area contributed by atoms with Crippen molar-refractivity contribution in [2.75, 3.05) is 11.1 Å². The van der Waals surface area contributed by atoms with Crippen LogP contribution in [0.3, 0.4) is 0 Å². The fourth-order valence-corrected chi connectivity index (χ4v) is 2.26. The molecule has 1 aromatic heterocycles. The number of halogens is 1. The number of pyridine rings is 1. The lowest BCUT2D eigenvalue weighted by Crippen LogP contribution is -2.15. The van der Waals surface area contributed by atoms with Crippen molar-refractivity contribution >= 4 is 33.3 Å². The Morgan fingerprint density at radius 2 is 2.00 bits per heavy atom. The molecule has 5 heteroatoms. The molecule has 0 bridgehead atoms. The number of aromatic nitrogens is 1. The SMILES string of the molecule is Cc1cc(Br)ccc1C(=O)Nc1ncc(N)cc1C. The molecule has 0 radical (unpaired) electrons. The first-order valence-electron chi connectivity index (χ1n) is 5.77. The molecule has 1 heterocycles. The summed E-state index contributed by atoms with van der Waals surface area (Å²) in [5.41, 5.74) is 8.57. The van der Waals surface area contributed by atoms with Gasteiger partial charge in [-0.3, -0.25) is 4.79 Å². The van der Waals surface area contributed by atoms with Crippen molar-refractivity contribution in [3.05, 3.63) is 51.6 Å². The minimum atomic E-state index is -0.176. The van der Waals surface area contributed by atoms with Gasteiger partial charge in [0, 0.05) is 10.0 Å². The molecule has 0 spiro atoms. The second kappa shape index (κ2) is 5.40. The molecule has 19 heavy (non-hydrogen) atoms. The lowest BCUT2D eigenvalue weighted by molar-refractivity contribution is 0.102. The van der Waals surface area contributed by atoms with Gasteiger partial charge in [-0.25, -0.2) is 4.98 Å². The number of hydrogen-bond donors (Lipinski definition) is 2. The highest BCUT2D eigenvalue weighted by molar-refractivity contribution is 9.10. The minimum Gasteiger partial charge on any atom is -0.397 e. The first-order chi connectivity index (χ1) is 8.97. The summed E-state index contributed by atoms with van der Waals surface area (Å²) in [6.07, 6.45) is 1.52. The topological polar surface area (TPSA) is 68.0 Å². The van der Waals surface area contributed by atoms with Crippen molar-refractivity contribution in [1.82, 2.24) is 4.98 Å². The molecule has 98 valence electrons. The van der Waals surface area contributed by atoms with Crippen molar-refractivity contribution < 1.29 is 4.79 Å². The summed E-state index contributed by atoms with van der Waals surface area (Å²) < 4.78 is 0.948. The van der Waals surface area contributed by atoms with E-state index < -0.39 is 0 Å². The summed E-state index contributed by atoms with van der Waals surface area (Å²) in [6.45, 7) is 3.75. The predicted molar refractivity (Wildman–Crippen MR) is 80.2 cm³/mol. The number of carbonyl (C=O) groups excluding carboxylic acids is 1. The standard InChI is InChI=1S/C14H14BrN3O/c1-8-5-10(15)3-4-12(8)14(19)18-13-9(2)6-11(16)7-17-13/h3-7H,16H2,1-2H3,(H,17,18,19). The number of benzene rings is 1. The van der Waals surface area contributed by atoms with Gasteiger partial charge in [0.1, 0.15) is 5.82 Å². The Kier molecular flexibility index (Phi) is 3.85. The van der Waals surface area contributed by atoms with Gasteiger partial charge in [0.25, 0.3) is 5.91 Å². The molecule has 0 aliphatic heterocycles. The molecule has 1 aromatic carbocycles. The van der Waals surface area contributed by atoms with E-state index in [0.29, 0.717) is 17.1 Å². The first kappa shape index (κ1) is 13.5. The lowest BCUT2D eigenvalue weighted by atomic mass is 10.1. The molecule has 1 amide bonds. The second-order valence-electron chi connectivity index (χ2n) is 4.35. The summed E-state index contributed by atoms with van der Waals surface area (Å²) in [5, 5.41) is 2.79. The van der Waals surface area contributed by atoms with Gasteiger partial charge in [-0.1, -0.05) is 15.9 Å². The Morgan fingerprint density at radius 1 is 1.26 bits per heavy atom. The summed E-state index contributed by atoms with van der Waals surface area (Å²) >= 11 is 3.37. The maximum atomic E-state index is 12.2. The largest absolute Gasteiger partial charge is 0.397 e. The van der Waals surface area contributed by atoms with E-state index in [9.17, 15) is 4.79 Å². The Balaban J connectivity index is 2.25. The number of nitrogen functional groups attached to an aromatic ring is 1. The van der Waals surface area contributed by atoms with E-state index in [2.05, 4.69) is 26.2 Å². The monoisotopic (exact) mass is 319 g/mol. The Hall–Kier alpha value is -1.88. The zero-order chi connectivity index (χ0) is 14.0. The number of nitrogens with one attached hydrogen (secondary N) is 1. The third kappa shape index (κ3) is 3.12. The lowest BCUT2D eigenvalue weighted by Gasteiger charge is -2.09. The summed E-state index contributed by atoms with van der Waals surface area (Å²) in [4.78, 5) is 16.3. The number of nitrogens with two attached hydrogens (primary N) is 1. The summed E-state index contributed by atoms with van der Waals surface area (Å²) in [5.74, 6) is 0.354. The zero-order valence-electron chi connectivity index (χ0n) is 10.7. The van der Waals surface area contributed by atoms with Gasteiger partial charge in [-0.2, -0.15) is 0 Å². The van der Waals surface area contributed by atoms with Gasteiger partial charge in [-0.05, 0) is 49.2 Å². The third-order valence-corrected chi connectivity index (χ3v) is 3.26. The molecule has 0 saturated carbocycles. The fourth-order valence-electron chi connectivity index (χ4n) is 1.78. The van der Waals surface area contributed by atoms with Gasteiger partial charge in [0.2, 0.25) is 0 Å². The number of hydrogen-bond acceptors (Lipinski definition) is 3. The van der Waals surface area contributed by atoms with E-state index in [-0.39, 0.29) is 5.91 Å². The number of nitrogens with zero attached hydrogens (tertiary/aromatic N) is 1. The van der Waals surface area contributed by atoms with Crippen LogP contribution in [-0.4, -0.2) is 10.9 Å². The predicted octanol–water partition coefficient (Wildman–Crippen LogP) is 3.30. The Bertz CT molecular complexity index is 641. The van der Waals surface area contributed by atoms with E-state index in [4.69, 9.17) is 5.73 Å². The molecule has 3 N–H and O–H groups in total. The number of carbonyl (C=O) groups is 1. The van der Waals surface area contributed by atoms with Crippen molar-refractivity contribution in [3.8, 4) is 0 Å². The number of amides is 1. The van der Waals surface area contributed by atoms with Crippen molar-refractivity contribution in [2.24, 2.45) is 0 Å². The maximum Gasteiger partial charge on any atom is 0.257 e. The Labute approximate surface area is 120 Å². The molecule has 0 fully saturated rings. The normalized spacial score (nSPS) is 10.3. The van der Waals surface area contributed by atoms with E-state index in [1.807, 2.05) is 26.0 Å². The smallest absolute Gasteiger partial charge is 0.257 e. The maximum absolute atomic E-state index is 12.2. The summed E-state index contributed by atoms with van der Waals surface area (Å²) in [6, 6.07) is 7.29. The van der Waals surface area contributed by atoms with E-state index in [1.54, 1.807) is 12.1 Å². The second-order valence-corrected chi connectivity index (χ2v) is 5.26. The molecular weight excluding hydrogens is 306 g/mol. The molecular formula is C14H14BrN3O. The number of aryl methyl sites for hydroxylation is 2. The van der Waals surface area contributed by atoms with Crippen LogP contribution in [0.4, 0.5) is 11.5 Å². The van der Waals surface area contributed by atoms with Crippen LogP contribution < -0.4 is 11.1 Å². The molecule has 2 aromatic rings. The molecule has 0 unspecified atom stereocenters. The molecule has 4 nitrogen and oxygen atoms in total. The van der Waals surface area contributed by atoms with E-state index in [1.165, 1.54) is 6.20 Å². The van der Waals surface area contributed by atoms with Crippen LogP contribution in [0.2, 0.25) is 0 Å². The quantitative estimate of drug-likeness (QED) is 0.892. The molecule has 0 atom stereocenters. The average Bonchev–Trinajstić information content (AvgIpc) is 2.32. The van der Waals surface area contributed by atoms with Gasteiger partial charge < -0.3 is 11.1 Å². The zero-order valence-corrected chi connectivity index (χ0v) is 12.3.